The lowest BCUT2D eigenvalue weighted by Crippen LogP contribution is -1.95. The lowest BCUT2D eigenvalue weighted by Gasteiger charge is -2.08. The molecule has 0 saturated carbocycles. The fraction of sp³-hybridized carbons (Fsp3) is 0.118. The van der Waals surface area contributed by atoms with Gasteiger partial charge in [-0.25, -0.2) is 0 Å². The molecule has 0 spiro atoms. The predicted octanol–water partition coefficient (Wildman–Crippen LogP) is 6.54. The highest BCUT2D eigenvalue weighted by Gasteiger charge is 2.07. The van der Waals surface area contributed by atoms with Crippen molar-refractivity contribution < 1.29 is 9.53 Å². The summed E-state index contributed by atoms with van der Waals surface area (Å²) < 4.78 is 6.67. The van der Waals surface area contributed by atoms with E-state index in [0.29, 0.717) is 27.1 Å². The van der Waals surface area contributed by atoms with Crippen molar-refractivity contribution in [2.75, 3.05) is 12.5 Å². The molecule has 2 nitrogen and oxygen atoms in total. The molecule has 120 valence electrons. The van der Waals surface area contributed by atoms with Crippen LogP contribution in [0.15, 0.2) is 52.8 Å². The largest absolute Gasteiger partial charge is 0.456 e. The Balaban J connectivity index is 2.13. The summed E-state index contributed by atoms with van der Waals surface area (Å²) in [4.78, 5) is 12.2. The smallest absolute Gasteiger partial charge is 0.187 e. The number of rotatable bonds is 6. The maximum atomic E-state index is 12.2. The normalized spacial score (nSPS) is 10.3. The zero-order chi connectivity index (χ0) is 16.8. The zero-order valence-corrected chi connectivity index (χ0v) is 15.7. The second-order valence-corrected chi connectivity index (χ2v) is 7.24. The minimum absolute atomic E-state index is 0.0280. The second kappa shape index (κ2) is 8.69. The summed E-state index contributed by atoms with van der Waals surface area (Å²) in [6, 6.07) is 12.0. The van der Waals surface area contributed by atoms with Gasteiger partial charge in [-0.15, -0.1) is 23.5 Å². The maximum Gasteiger partial charge on any atom is 0.187 e. The fourth-order valence-electron chi connectivity index (χ4n) is 1.76. The molecule has 6 heteroatoms. The number of halogens is 2. The zero-order valence-electron chi connectivity index (χ0n) is 12.5. The Morgan fingerprint density at radius 3 is 2.26 bits per heavy atom. The van der Waals surface area contributed by atoms with E-state index in [0.717, 1.165) is 4.24 Å². The first-order valence-corrected chi connectivity index (χ1v) is 9.81. The molecule has 0 aliphatic rings. The van der Waals surface area contributed by atoms with E-state index < -0.39 is 0 Å². The average molecular weight is 385 g/mol. The number of thioether (sulfide) groups is 2. The van der Waals surface area contributed by atoms with E-state index in [1.54, 1.807) is 72.1 Å². The Hall–Kier alpha value is -1.07. The van der Waals surface area contributed by atoms with Gasteiger partial charge in [0.2, 0.25) is 0 Å². The molecule has 2 aromatic rings. The van der Waals surface area contributed by atoms with Crippen LogP contribution in [0, 0.1) is 0 Å². The van der Waals surface area contributed by atoms with Gasteiger partial charge in [-0.05, 0) is 55.0 Å². The first-order chi connectivity index (χ1) is 11.0. The van der Waals surface area contributed by atoms with Crippen LogP contribution in [0.3, 0.4) is 0 Å². The molecule has 0 aliphatic heterocycles. The lowest BCUT2D eigenvalue weighted by molar-refractivity contribution is 0.104. The summed E-state index contributed by atoms with van der Waals surface area (Å²) in [5.74, 6) is 1.09. The van der Waals surface area contributed by atoms with Crippen molar-refractivity contribution >= 4 is 52.5 Å². The van der Waals surface area contributed by atoms with Crippen molar-refractivity contribution in [3.63, 3.8) is 0 Å². The summed E-state index contributed by atoms with van der Waals surface area (Å²) in [6.45, 7) is 0. The summed E-state index contributed by atoms with van der Waals surface area (Å²) >= 11 is 15.0. The molecule has 0 amide bonds. The van der Waals surface area contributed by atoms with Gasteiger partial charge in [0.1, 0.15) is 11.5 Å². The average Bonchev–Trinajstić information content (AvgIpc) is 2.55. The SMILES string of the molecule is CSC(=CC(=O)c1ccc(Oc2ccc(Cl)cc2Cl)cc1)SC. The third kappa shape index (κ3) is 5.21. The molecule has 0 saturated heterocycles. The Bertz CT molecular complexity index is 722. The number of ketones is 1. The van der Waals surface area contributed by atoms with Crippen LogP contribution in [-0.2, 0) is 0 Å². The fourth-order valence-corrected chi connectivity index (χ4v) is 3.33. The lowest BCUT2D eigenvalue weighted by atomic mass is 10.1. The van der Waals surface area contributed by atoms with Crippen molar-refractivity contribution in [1.82, 2.24) is 0 Å². The third-order valence-electron chi connectivity index (χ3n) is 2.91. The van der Waals surface area contributed by atoms with Crippen LogP contribution in [0.5, 0.6) is 11.5 Å². The van der Waals surface area contributed by atoms with Gasteiger partial charge in [0, 0.05) is 20.9 Å². The van der Waals surface area contributed by atoms with E-state index in [2.05, 4.69) is 0 Å². The number of carbonyl (C=O) groups is 1. The Kier molecular flexibility index (Phi) is 6.90. The molecular formula is C17H14Cl2O2S2. The highest BCUT2D eigenvalue weighted by Crippen LogP contribution is 2.31. The summed E-state index contributed by atoms with van der Waals surface area (Å²) in [5, 5.41) is 0.985. The highest BCUT2D eigenvalue weighted by atomic mass is 35.5. The van der Waals surface area contributed by atoms with Crippen molar-refractivity contribution in [2.24, 2.45) is 0 Å². The third-order valence-corrected chi connectivity index (χ3v) is 5.48. The van der Waals surface area contributed by atoms with E-state index in [-0.39, 0.29) is 5.78 Å². The molecule has 0 N–H and O–H groups in total. The molecular weight excluding hydrogens is 371 g/mol. The minimum Gasteiger partial charge on any atom is -0.456 e. The minimum atomic E-state index is -0.0280. The van der Waals surface area contributed by atoms with Gasteiger partial charge in [-0.3, -0.25) is 4.79 Å². The molecule has 0 heterocycles. The van der Waals surface area contributed by atoms with E-state index in [1.165, 1.54) is 0 Å². The Labute approximate surface area is 154 Å². The van der Waals surface area contributed by atoms with Crippen molar-refractivity contribution in [1.29, 1.82) is 0 Å². The summed E-state index contributed by atoms with van der Waals surface area (Å²) in [7, 11) is 0. The molecule has 0 aliphatic carbocycles. The van der Waals surface area contributed by atoms with Crippen LogP contribution < -0.4 is 4.74 Å². The van der Waals surface area contributed by atoms with Crippen LogP contribution in [-0.4, -0.2) is 18.3 Å². The topological polar surface area (TPSA) is 26.3 Å². The van der Waals surface area contributed by atoms with Crippen LogP contribution in [0.2, 0.25) is 10.0 Å². The first kappa shape index (κ1) is 18.3. The Morgan fingerprint density at radius 1 is 1.04 bits per heavy atom. The van der Waals surface area contributed by atoms with Crippen LogP contribution in [0.25, 0.3) is 0 Å². The van der Waals surface area contributed by atoms with Crippen LogP contribution >= 0.6 is 46.7 Å². The number of ether oxygens (including phenoxy) is 1. The maximum absolute atomic E-state index is 12.2. The number of benzene rings is 2. The van der Waals surface area contributed by atoms with Gasteiger partial charge < -0.3 is 4.74 Å². The molecule has 23 heavy (non-hydrogen) atoms. The molecule has 0 bridgehead atoms. The van der Waals surface area contributed by atoms with Crippen molar-refractivity contribution in [3.05, 3.63) is 68.4 Å². The number of allylic oxidation sites excluding steroid dienone is 1. The standard InChI is InChI=1S/C17H14Cl2O2S2/c1-22-17(23-2)10-15(20)11-3-6-13(7-4-11)21-16-8-5-12(18)9-14(16)19/h3-10H,1-2H3. The van der Waals surface area contributed by atoms with Crippen molar-refractivity contribution in [3.8, 4) is 11.5 Å². The Morgan fingerprint density at radius 2 is 1.70 bits per heavy atom. The molecule has 0 fully saturated rings. The molecule has 0 radical (unpaired) electrons. The summed E-state index contributed by atoms with van der Waals surface area (Å²) in [6.07, 6.45) is 5.53. The van der Waals surface area contributed by atoms with E-state index >= 15 is 0 Å². The number of hydrogen-bond acceptors (Lipinski definition) is 4. The van der Waals surface area contributed by atoms with Crippen molar-refractivity contribution in [2.45, 2.75) is 0 Å². The van der Waals surface area contributed by atoms with Gasteiger partial charge in [0.15, 0.2) is 5.78 Å². The van der Waals surface area contributed by atoms with Crippen LogP contribution in [0.4, 0.5) is 0 Å². The molecule has 0 unspecified atom stereocenters. The molecule has 0 aromatic heterocycles. The monoisotopic (exact) mass is 384 g/mol. The molecule has 2 aromatic carbocycles. The van der Waals surface area contributed by atoms with E-state index in [1.807, 2.05) is 12.5 Å². The van der Waals surface area contributed by atoms with E-state index in [9.17, 15) is 4.79 Å². The van der Waals surface area contributed by atoms with E-state index in [4.69, 9.17) is 27.9 Å². The second-order valence-electron chi connectivity index (χ2n) is 4.44. The van der Waals surface area contributed by atoms with Gasteiger partial charge in [0.05, 0.1) is 5.02 Å². The molecule has 0 atom stereocenters. The summed E-state index contributed by atoms with van der Waals surface area (Å²) in [5.41, 5.74) is 0.611. The quantitative estimate of drug-likeness (QED) is 0.417. The van der Waals surface area contributed by atoms with Gasteiger partial charge in [0.25, 0.3) is 0 Å². The van der Waals surface area contributed by atoms with Gasteiger partial charge >= 0.3 is 0 Å². The number of carbonyl (C=O) groups excluding carboxylic acids is 1. The highest BCUT2D eigenvalue weighted by molar-refractivity contribution is 8.21. The van der Waals surface area contributed by atoms with Gasteiger partial charge in [-0.1, -0.05) is 23.2 Å². The first-order valence-electron chi connectivity index (χ1n) is 6.60. The van der Waals surface area contributed by atoms with Gasteiger partial charge in [-0.2, -0.15) is 0 Å². The van der Waals surface area contributed by atoms with Crippen LogP contribution in [0.1, 0.15) is 10.4 Å². The number of hydrogen-bond donors (Lipinski definition) is 0. The predicted molar refractivity (Wildman–Crippen MR) is 102 cm³/mol. The molecule has 2 rings (SSSR count).